The molecule has 2 aromatic rings. The van der Waals surface area contributed by atoms with E-state index in [-0.39, 0.29) is 5.82 Å². The third-order valence-corrected chi connectivity index (χ3v) is 3.33. The van der Waals surface area contributed by atoms with Crippen LogP contribution in [0.1, 0.15) is 11.6 Å². The Hall–Kier alpha value is -1.87. The number of hydrogen-bond acceptors (Lipinski definition) is 2. The quantitative estimate of drug-likeness (QED) is 0.791. The van der Waals surface area contributed by atoms with Crippen molar-refractivity contribution in [1.82, 2.24) is 0 Å². The Bertz CT molecular complexity index is 588. The first kappa shape index (κ1) is 13.6. The van der Waals surface area contributed by atoms with Gasteiger partial charge in [0.05, 0.1) is 0 Å². The predicted molar refractivity (Wildman–Crippen MR) is 75.1 cm³/mol. The molecule has 1 unspecified atom stereocenters. The van der Waals surface area contributed by atoms with Crippen molar-refractivity contribution in [2.75, 3.05) is 11.9 Å². The maximum Gasteiger partial charge on any atom is 0.147 e. The van der Waals surface area contributed by atoms with Gasteiger partial charge in [-0.15, -0.1) is 0 Å². The number of carbonyl (C=O) groups is 1. The lowest BCUT2D eigenvalue weighted by molar-refractivity contribution is -0.109. The molecule has 1 atom stereocenters. The average Bonchev–Trinajstić information content (AvgIpc) is 2.41. The van der Waals surface area contributed by atoms with Gasteiger partial charge in [-0.2, -0.15) is 0 Å². The zero-order valence-corrected chi connectivity index (χ0v) is 11.1. The van der Waals surface area contributed by atoms with Crippen molar-refractivity contribution >= 4 is 23.6 Å². The molecule has 0 aliphatic rings. The Balaban J connectivity index is 2.37. The number of carbonyl (C=O) groups excluding carboxylic acids is 1. The summed E-state index contributed by atoms with van der Waals surface area (Å²) >= 11 is 6.10. The Morgan fingerprint density at radius 1 is 1.21 bits per heavy atom. The van der Waals surface area contributed by atoms with Gasteiger partial charge in [-0.05, 0) is 24.3 Å². The van der Waals surface area contributed by atoms with E-state index in [1.165, 1.54) is 12.1 Å². The fourth-order valence-electron chi connectivity index (χ4n) is 1.94. The number of nitrogens with zero attached hydrogens (tertiary/aromatic N) is 1. The third kappa shape index (κ3) is 2.93. The smallest absolute Gasteiger partial charge is 0.147 e. The number of halogens is 2. The fraction of sp³-hybridized carbons (Fsp3) is 0.133. The van der Waals surface area contributed by atoms with Gasteiger partial charge in [0.1, 0.15) is 18.1 Å². The van der Waals surface area contributed by atoms with Crippen molar-refractivity contribution in [1.29, 1.82) is 0 Å². The largest absolute Gasteiger partial charge is 0.361 e. The van der Waals surface area contributed by atoms with Crippen molar-refractivity contribution in [3.05, 3.63) is 64.9 Å². The molecule has 0 bridgehead atoms. The van der Waals surface area contributed by atoms with Gasteiger partial charge in [-0.1, -0.05) is 35.9 Å². The second-order valence-electron chi connectivity index (χ2n) is 4.19. The molecule has 0 aromatic heterocycles. The van der Waals surface area contributed by atoms with Crippen LogP contribution in [0.15, 0.2) is 48.5 Å². The minimum atomic E-state index is -0.546. The molecular weight excluding hydrogens is 265 g/mol. The molecule has 0 aliphatic heterocycles. The standard InChI is InChI=1S/C15H13ClFNO/c1-18(12-6-4-5-11(17)9-12)15(10-19)13-7-2-3-8-14(13)16/h2-10,15H,1H3. The summed E-state index contributed by atoms with van der Waals surface area (Å²) in [6.07, 6.45) is 0.798. The van der Waals surface area contributed by atoms with Crippen LogP contribution in [0.4, 0.5) is 10.1 Å². The van der Waals surface area contributed by atoms with E-state index in [0.717, 1.165) is 6.29 Å². The van der Waals surface area contributed by atoms with Crippen LogP contribution < -0.4 is 4.90 Å². The maximum atomic E-state index is 13.2. The summed E-state index contributed by atoms with van der Waals surface area (Å²) in [5.41, 5.74) is 1.32. The van der Waals surface area contributed by atoms with E-state index in [9.17, 15) is 9.18 Å². The molecule has 2 nitrogen and oxygen atoms in total. The van der Waals surface area contributed by atoms with Gasteiger partial charge < -0.3 is 9.69 Å². The number of likely N-dealkylation sites (N-methyl/N-ethyl adjacent to an activating group) is 1. The SMILES string of the molecule is CN(c1cccc(F)c1)C(C=O)c1ccccc1Cl. The second kappa shape index (κ2) is 5.85. The van der Waals surface area contributed by atoms with E-state index in [0.29, 0.717) is 16.3 Å². The summed E-state index contributed by atoms with van der Waals surface area (Å²) in [4.78, 5) is 13.1. The first-order valence-electron chi connectivity index (χ1n) is 5.81. The number of aldehydes is 1. The monoisotopic (exact) mass is 277 g/mol. The van der Waals surface area contributed by atoms with Crippen LogP contribution in [-0.2, 0) is 4.79 Å². The topological polar surface area (TPSA) is 20.3 Å². The number of benzene rings is 2. The van der Waals surface area contributed by atoms with Gasteiger partial charge >= 0.3 is 0 Å². The van der Waals surface area contributed by atoms with Gasteiger partial charge in [0, 0.05) is 23.3 Å². The molecule has 0 heterocycles. The molecule has 0 spiro atoms. The number of hydrogen-bond donors (Lipinski definition) is 0. The van der Waals surface area contributed by atoms with E-state index in [1.807, 2.05) is 6.07 Å². The Morgan fingerprint density at radius 3 is 2.58 bits per heavy atom. The van der Waals surface area contributed by atoms with Crippen molar-refractivity contribution in [3.63, 3.8) is 0 Å². The second-order valence-corrected chi connectivity index (χ2v) is 4.60. The molecule has 0 amide bonds. The van der Waals surface area contributed by atoms with E-state index >= 15 is 0 Å². The minimum absolute atomic E-state index is 0.340. The van der Waals surface area contributed by atoms with Crippen LogP contribution in [-0.4, -0.2) is 13.3 Å². The minimum Gasteiger partial charge on any atom is -0.361 e. The van der Waals surface area contributed by atoms with Gasteiger partial charge in [-0.25, -0.2) is 4.39 Å². The molecule has 2 rings (SSSR count). The van der Waals surface area contributed by atoms with Crippen LogP contribution in [0.3, 0.4) is 0 Å². The van der Waals surface area contributed by atoms with E-state index in [2.05, 4.69) is 0 Å². The summed E-state index contributed by atoms with van der Waals surface area (Å²) in [5, 5.41) is 0.517. The Kier molecular flexibility index (Phi) is 4.17. The van der Waals surface area contributed by atoms with Crippen molar-refractivity contribution < 1.29 is 9.18 Å². The van der Waals surface area contributed by atoms with Gasteiger partial charge in [0.25, 0.3) is 0 Å². The third-order valence-electron chi connectivity index (χ3n) is 2.99. The highest BCUT2D eigenvalue weighted by molar-refractivity contribution is 6.31. The molecule has 19 heavy (non-hydrogen) atoms. The van der Waals surface area contributed by atoms with Crippen molar-refractivity contribution in [2.24, 2.45) is 0 Å². The predicted octanol–water partition coefficient (Wildman–Crippen LogP) is 3.86. The van der Waals surface area contributed by atoms with E-state index < -0.39 is 6.04 Å². The van der Waals surface area contributed by atoms with Gasteiger partial charge in [-0.3, -0.25) is 0 Å². The van der Waals surface area contributed by atoms with Crippen molar-refractivity contribution in [3.8, 4) is 0 Å². The summed E-state index contributed by atoms with van der Waals surface area (Å²) < 4.78 is 13.2. The summed E-state index contributed by atoms with van der Waals surface area (Å²) in [5.74, 6) is -0.340. The highest BCUT2D eigenvalue weighted by atomic mass is 35.5. The molecule has 4 heteroatoms. The summed E-state index contributed by atoms with van der Waals surface area (Å²) in [6, 6.07) is 12.7. The number of anilines is 1. The first-order chi connectivity index (χ1) is 9.13. The molecule has 0 aliphatic carbocycles. The zero-order valence-electron chi connectivity index (χ0n) is 10.4. The molecule has 98 valence electrons. The number of rotatable bonds is 4. The normalized spacial score (nSPS) is 11.9. The Morgan fingerprint density at radius 2 is 1.95 bits per heavy atom. The molecule has 2 aromatic carbocycles. The van der Waals surface area contributed by atoms with Gasteiger partial charge in [0.2, 0.25) is 0 Å². The van der Waals surface area contributed by atoms with E-state index in [1.54, 1.807) is 42.3 Å². The van der Waals surface area contributed by atoms with Crippen LogP contribution >= 0.6 is 11.6 Å². The molecular formula is C15H13ClFNO. The van der Waals surface area contributed by atoms with Crippen LogP contribution in [0.25, 0.3) is 0 Å². The summed E-state index contributed by atoms with van der Waals surface area (Å²) in [6.45, 7) is 0. The fourth-order valence-corrected chi connectivity index (χ4v) is 2.19. The first-order valence-corrected chi connectivity index (χ1v) is 6.19. The lowest BCUT2D eigenvalue weighted by Crippen LogP contribution is -2.25. The maximum absolute atomic E-state index is 13.2. The Labute approximate surface area is 116 Å². The molecule has 0 saturated heterocycles. The zero-order chi connectivity index (χ0) is 13.8. The van der Waals surface area contributed by atoms with Gasteiger partial charge in [0.15, 0.2) is 0 Å². The lowest BCUT2D eigenvalue weighted by atomic mass is 10.1. The van der Waals surface area contributed by atoms with Crippen LogP contribution in [0, 0.1) is 5.82 Å². The molecule has 0 fully saturated rings. The van der Waals surface area contributed by atoms with Crippen LogP contribution in [0.2, 0.25) is 5.02 Å². The lowest BCUT2D eigenvalue weighted by Gasteiger charge is -2.26. The van der Waals surface area contributed by atoms with Crippen LogP contribution in [0.5, 0.6) is 0 Å². The molecule has 0 N–H and O–H groups in total. The summed E-state index contributed by atoms with van der Waals surface area (Å²) in [7, 11) is 1.73. The highest BCUT2D eigenvalue weighted by Gasteiger charge is 2.19. The highest BCUT2D eigenvalue weighted by Crippen LogP contribution is 2.29. The molecule has 0 radical (unpaired) electrons. The molecule has 0 saturated carbocycles. The van der Waals surface area contributed by atoms with Crippen molar-refractivity contribution in [2.45, 2.75) is 6.04 Å². The average molecular weight is 278 g/mol. The van der Waals surface area contributed by atoms with E-state index in [4.69, 9.17) is 11.6 Å².